The van der Waals surface area contributed by atoms with Gasteiger partial charge in [-0.25, -0.2) is 0 Å². The lowest BCUT2D eigenvalue weighted by Crippen LogP contribution is -2.41. The third-order valence-corrected chi connectivity index (χ3v) is 3.97. The number of hydrogen-bond acceptors (Lipinski definition) is 3. The third-order valence-electron chi connectivity index (χ3n) is 3.97. The number of aromatic nitrogens is 2. The highest BCUT2D eigenvalue weighted by atomic mass is 16.5. The van der Waals surface area contributed by atoms with E-state index in [0.717, 1.165) is 16.6 Å². The Morgan fingerprint density at radius 2 is 2.26 bits per heavy atom. The largest absolute Gasteiger partial charge is 0.389 e. The SMILES string of the molecule is CC1CC(O)(Cc2nn(C)c3ccccc23)CCO1. The molecule has 4 nitrogen and oxygen atoms in total. The van der Waals surface area contributed by atoms with Crippen LogP contribution in [0.1, 0.15) is 25.5 Å². The van der Waals surface area contributed by atoms with Gasteiger partial charge in [-0.1, -0.05) is 18.2 Å². The van der Waals surface area contributed by atoms with E-state index in [9.17, 15) is 5.11 Å². The lowest BCUT2D eigenvalue weighted by Gasteiger charge is -2.35. The number of fused-ring (bicyclic) bond motifs is 1. The molecule has 0 radical (unpaired) electrons. The van der Waals surface area contributed by atoms with E-state index in [1.165, 1.54) is 0 Å². The molecule has 0 aliphatic carbocycles. The van der Waals surface area contributed by atoms with Gasteiger partial charge in [0.2, 0.25) is 0 Å². The van der Waals surface area contributed by atoms with Gasteiger partial charge in [-0.3, -0.25) is 4.68 Å². The van der Waals surface area contributed by atoms with Crippen molar-refractivity contribution in [2.24, 2.45) is 7.05 Å². The number of ether oxygens (including phenoxy) is 1. The molecule has 0 spiro atoms. The first-order valence-corrected chi connectivity index (χ1v) is 6.82. The van der Waals surface area contributed by atoms with Crippen molar-refractivity contribution in [3.8, 4) is 0 Å². The van der Waals surface area contributed by atoms with Crippen LogP contribution in [0.4, 0.5) is 0 Å². The molecule has 19 heavy (non-hydrogen) atoms. The second-order valence-corrected chi connectivity index (χ2v) is 5.62. The summed E-state index contributed by atoms with van der Waals surface area (Å²) < 4.78 is 7.40. The molecule has 1 saturated heterocycles. The molecular formula is C15H20N2O2. The van der Waals surface area contributed by atoms with Gasteiger partial charge >= 0.3 is 0 Å². The van der Waals surface area contributed by atoms with Crippen LogP contribution >= 0.6 is 0 Å². The fraction of sp³-hybridized carbons (Fsp3) is 0.533. The normalized spacial score (nSPS) is 27.8. The topological polar surface area (TPSA) is 47.3 Å². The van der Waals surface area contributed by atoms with E-state index in [1.807, 2.05) is 30.8 Å². The van der Waals surface area contributed by atoms with Gasteiger partial charge in [-0.2, -0.15) is 5.10 Å². The Labute approximate surface area is 113 Å². The monoisotopic (exact) mass is 260 g/mol. The molecule has 1 N–H and O–H groups in total. The molecule has 2 unspecified atom stereocenters. The van der Waals surface area contributed by atoms with Crippen LogP contribution in [0.15, 0.2) is 24.3 Å². The summed E-state index contributed by atoms with van der Waals surface area (Å²) >= 11 is 0. The Kier molecular flexibility index (Phi) is 3.07. The van der Waals surface area contributed by atoms with Gasteiger partial charge in [0, 0.05) is 31.9 Å². The van der Waals surface area contributed by atoms with Gasteiger partial charge in [0.05, 0.1) is 22.9 Å². The van der Waals surface area contributed by atoms with Gasteiger partial charge in [0.25, 0.3) is 0 Å². The van der Waals surface area contributed by atoms with Crippen LogP contribution in [0, 0.1) is 0 Å². The van der Waals surface area contributed by atoms with Crippen molar-refractivity contribution >= 4 is 10.9 Å². The van der Waals surface area contributed by atoms with Crippen LogP contribution in [-0.2, 0) is 18.2 Å². The molecule has 1 fully saturated rings. The second kappa shape index (κ2) is 4.62. The average Bonchev–Trinajstić information content (AvgIpc) is 2.66. The minimum atomic E-state index is -0.686. The van der Waals surface area contributed by atoms with E-state index in [4.69, 9.17) is 4.74 Å². The molecule has 0 amide bonds. The summed E-state index contributed by atoms with van der Waals surface area (Å²) in [5, 5.41) is 16.4. The van der Waals surface area contributed by atoms with Crippen molar-refractivity contribution in [2.45, 2.75) is 37.9 Å². The number of aryl methyl sites for hydroxylation is 1. The lowest BCUT2D eigenvalue weighted by atomic mass is 9.86. The van der Waals surface area contributed by atoms with Crippen molar-refractivity contribution in [1.29, 1.82) is 0 Å². The first-order valence-electron chi connectivity index (χ1n) is 6.82. The summed E-state index contributed by atoms with van der Waals surface area (Å²) in [5.74, 6) is 0. The highest BCUT2D eigenvalue weighted by molar-refractivity contribution is 5.81. The number of aliphatic hydroxyl groups is 1. The molecule has 1 aromatic heterocycles. The molecule has 1 aliphatic rings. The molecule has 2 heterocycles. The number of benzene rings is 1. The lowest BCUT2D eigenvalue weighted by molar-refractivity contribution is -0.0964. The predicted octanol–water partition coefficient (Wildman–Crippen LogP) is 2.05. The molecule has 2 aromatic rings. The third kappa shape index (κ3) is 2.38. The van der Waals surface area contributed by atoms with Crippen molar-refractivity contribution in [3.63, 3.8) is 0 Å². The van der Waals surface area contributed by atoms with E-state index >= 15 is 0 Å². The highest BCUT2D eigenvalue weighted by Gasteiger charge is 2.34. The van der Waals surface area contributed by atoms with Gasteiger partial charge < -0.3 is 9.84 Å². The first kappa shape index (κ1) is 12.6. The van der Waals surface area contributed by atoms with E-state index in [2.05, 4.69) is 17.2 Å². The summed E-state index contributed by atoms with van der Waals surface area (Å²) in [6, 6.07) is 8.16. The maximum Gasteiger partial charge on any atom is 0.0750 e. The number of hydrogen-bond donors (Lipinski definition) is 1. The van der Waals surface area contributed by atoms with Crippen molar-refractivity contribution in [1.82, 2.24) is 9.78 Å². The van der Waals surface area contributed by atoms with Gasteiger partial charge in [-0.05, 0) is 19.4 Å². The molecule has 3 rings (SSSR count). The zero-order valence-electron chi connectivity index (χ0n) is 11.5. The van der Waals surface area contributed by atoms with Crippen LogP contribution in [0.2, 0.25) is 0 Å². The second-order valence-electron chi connectivity index (χ2n) is 5.62. The molecule has 0 bridgehead atoms. The van der Waals surface area contributed by atoms with Crippen LogP contribution in [-0.4, -0.2) is 33.2 Å². The fourth-order valence-electron chi connectivity index (χ4n) is 3.04. The van der Waals surface area contributed by atoms with Crippen molar-refractivity contribution in [2.75, 3.05) is 6.61 Å². The smallest absolute Gasteiger partial charge is 0.0750 e. The van der Waals surface area contributed by atoms with Gasteiger partial charge in [-0.15, -0.1) is 0 Å². The molecule has 2 atom stereocenters. The Hall–Kier alpha value is -1.39. The molecule has 1 aromatic carbocycles. The molecule has 102 valence electrons. The highest BCUT2D eigenvalue weighted by Crippen LogP contribution is 2.30. The van der Waals surface area contributed by atoms with E-state index in [1.54, 1.807) is 0 Å². The van der Waals surface area contributed by atoms with Crippen LogP contribution in [0.25, 0.3) is 10.9 Å². The fourth-order valence-corrected chi connectivity index (χ4v) is 3.04. The minimum absolute atomic E-state index is 0.119. The number of nitrogens with zero attached hydrogens (tertiary/aromatic N) is 2. The minimum Gasteiger partial charge on any atom is -0.389 e. The molecular weight excluding hydrogens is 240 g/mol. The zero-order chi connectivity index (χ0) is 13.5. The van der Waals surface area contributed by atoms with E-state index in [-0.39, 0.29) is 6.10 Å². The first-order chi connectivity index (χ1) is 9.07. The van der Waals surface area contributed by atoms with Crippen LogP contribution in [0.3, 0.4) is 0 Å². The Bertz CT molecular complexity index is 593. The summed E-state index contributed by atoms with van der Waals surface area (Å²) in [6.07, 6.45) is 2.08. The van der Waals surface area contributed by atoms with Gasteiger partial charge in [0.15, 0.2) is 0 Å². The van der Waals surface area contributed by atoms with Crippen LogP contribution < -0.4 is 0 Å². The Morgan fingerprint density at radius 3 is 3.05 bits per heavy atom. The predicted molar refractivity (Wildman–Crippen MR) is 74.0 cm³/mol. The zero-order valence-corrected chi connectivity index (χ0v) is 11.5. The quantitative estimate of drug-likeness (QED) is 0.899. The summed E-state index contributed by atoms with van der Waals surface area (Å²) in [5.41, 5.74) is 1.41. The average molecular weight is 260 g/mol. The van der Waals surface area contributed by atoms with Crippen molar-refractivity contribution in [3.05, 3.63) is 30.0 Å². The molecule has 0 saturated carbocycles. The maximum absolute atomic E-state index is 10.7. The number of para-hydroxylation sites is 1. The summed E-state index contributed by atoms with van der Waals surface area (Å²) in [4.78, 5) is 0. The standard InChI is InChI=1S/C15H20N2O2/c1-11-9-15(18,7-8-19-11)10-13-12-5-3-4-6-14(12)17(2)16-13/h3-6,11,18H,7-10H2,1-2H3. The molecule has 4 heteroatoms. The number of rotatable bonds is 2. The molecule has 1 aliphatic heterocycles. The Balaban J connectivity index is 1.93. The summed E-state index contributed by atoms with van der Waals surface area (Å²) in [7, 11) is 1.95. The van der Waals surface area contributed by atoms with E-state index < -0.39 is 5.60 Å². The maximum atomic E-state index is 10.7. The van der Waals surface area contributed by atoms with Gasteiger partial charge in [0.1, 0.15) is 0 Å². The summed E-state index contributed by atoms with van der Waals surface area (Å²) in [6.45, 7) is 2.64. The van der Waals surface area contributed by atoms with Crippen molar-refractivity contribution < 1.29 is 9.84 Å². The Morgan fingerprint density at radius 1 is 1.47 bits per heavy atom. The van der Waals surface area contributed by atoms with Crippen LogP contribution in [0.5, 0.6) is 0 Å². The van der Waals surface area contributed by atoms with E-state index in [0.29, 0.717) is 25.9 Å².